The first-order valence-corrected chi connectivity index (χ1v) is 6.08. The molecule has 88 valence electrons. The van der Waals surface area contributed by atoms with Crippen molar-refractivity contribution in [2.24, 2.45) is 0 Å². The zero-order valence-corrected chi connectivity index (χ0v) is 9.99. The summed E-state index contributed by atoms with van der Waals surface area (Å²) < 4.78 is 5.25. The van der Waals surface area contributed by atoms with Crippen molar-refractivity contribution in [1.82, 2.24) is 4.98 Å². The zero-order chi connectivity index (χ0) is 11.7. The summed E-state index contributed by atoms with van der Waals surface area (Å²) in [4.78, 5) is 4.68. The fraction of sp³-hybridized carbons (Fsp3) is 0.357. The van der Waals surface area contributed by atoms with Crippen molar-refractivity contribution in [3.63, 3.8) is 0 Å². The van der Waals surface area contributed by atoms with Crippen LogP contribution in [0.25, 0.3) is 10.9 Å². The van der Waals surface area contributed by atoms with Gasteiger partial charge in [0.2, 0.25) is 0 Å². The summed E-state index contributed by atoms with van der Waals surface area (Å²) in [6.07, 6.45) is 3.57. The topological polar surface area (TPSA) is 34.1 Å². The van der Waals surface area contributed by atoms with E-state index >= 15 is 0 Å². The molecule has 3 heteroatoms. The normalized spacial score (nSPS) is 14.9. The minimum atomic E-state index is 0.890. The van der Waals surface area contributed by atoms with Gasteiger partial charge in [-0.15, -0.1) is 0 Å². The third-order valence-corrected chi connectivity index (χ3v) is 3.27. The molecular formula is C14H16N2O. The molecule has 1 aromatic heterocycles. The van der Waals surface area contributed by atoms with Gasteiger partial charge in [-0.3, -0.25) is 0 Å². The van der Waals surface area contributed by atoms with Crippen LogP contribution in [0.3, 0.4) is 0 Å². The lowest BCUT2D eigenvalue weighted by Gasteiger charge is -2.09. The maximum atomic E-state index is 5.25. The fourth-order valence-corrected chi connectivity index (χ4v) is 2.32. The highest BCUT2D eigenvalue weighted by Crippen LogP contribution is 2.26. The lowest BCUT2D eigenvalue weighted by molar-refractivity contribution is 0.415. The lowest BCUT2D eigenvalue weighted by atomic mass is 10.1. The molecule has 2 aromatic rings. The molecule has 0 aliphatic carbocycles. The van der Waals surface area contributed by atoms with Crippen molar-refractivity contribution in [2.75, 3.05) is 19.0 Å². The number of benzene rings is 1. The number of nitrogens with zero attached hydrogens (tertiary/aromatic N) is 1. The number of anilines is 1. The molecule has 0 atom stereocenters. The van der Waals surface area contributed by atoms with Gasteiger partial charge in [0.25, 0.3) is 0 Å². The monoisotopic (exact) mass is 228 g/mol. The first-order valence-electron chi connectivity index (χ1n) is 6.08. The van der Waals surface area contributed by atoms with Crippen LogP contribution in [0.2, 0.25) is 0 Å². The van der Waals surface area contributed by atoms with Crippen LogP contribution in [0.4, 0.5) is 5.82 Å². The standard InChI is InChI=1S/C14H16N2O/c1-17-12-5-6-13-11(9-12)8-10-4-2-3-7-15-14(10)16-13/h5-6,8-9H,2-4,7H2,1H3,(H,15,16). The van der Waals surface area contributed by atoms with Crippen molar-refractivity contribution in [3.05, 3.63) is 29.8 Å². The highest BCUT2D eigenvalue weighted by atomic mass is 16.5. The summed E-state index contributed by atoms with van der Waals surface area (Å²) in [5, 5.41) is 4.56. The number of methoxy groups -OCH3 is 1. The van der Waals surface area contributed by atoms with Gasteiger partial charge in [0, 0.05) is 11.9 Å². The fourth-order valence-electron chi connectivity index (χ4n) is 2.32. The maximum absolute atomic E-state index is 5.25. The Morgan fingerprint density at radius 3 is 3.06 bits per heavy atom. The summed E-state index contributed by atoms with van der Waals surface area (Å²) in [5.74, 6) is 1.95. The number of fused-ring (bicyclic) bond motifs is 2. The van der Waals surface area contributed by atoms with E-state index in [1.165, 1.54) is 18.4 Å². The van der Waals surface area contributed by atoms with Crippen molar-refractivity contribution < 1.29 is 4.74 Å². The third-order valence-electron chi connectivity index (χ3n) is 3.27. The van der Waals surface area contributed by atoms with Gasteiger partial charge in [-0.2, -0.15) is 0 Å². The van der Waals surface area contributed by atoms with E-state index < -0.39 is 0 Å². The van der Waals surface area contributed by atoms with Crippen LogP contribution in [-0.4, -0.2) is 18.6 Å². The van der Waals surface area contributed by atoms with Gasteiger partial charge in [0.05, 0.1) is 12.6 Å². The SMILES string of the molecule is COc1ccc2nc3c(cc2c1)CCCCN3. The van der Waals surface area contributed by atoms with Crippen molar-refractivity contribution in [3.8, 4) is 5.75 Å². The van der Waals surface area contributed by atoms with Crippen LogP contribution in [0, 0.1) is 0 Å². The molecule has 3 rings (SSSR count). The third kappa shape index (κ3) is 1.93. The molecule has 0 saturated carbocycles. The van der Waals surface area contributed by atoms with Gasteiger partial charge in [0.1, 0.15) is 11.6 Å². The minimum absolute atomic E-state index is 0.890. The van der Waals surface area contributed by atoms with E-state index in [9.17, 15) is 0 Å². The van der Waals surface area contributed by atoms with E-state index in [0.29, 0.717) is 0 Å². The number of rotatable bonds is 1. The van der Waals surface area contributed by atoms with Gasteiger partial charge >= 0.3 is 0 Å². The van der Waals surface area contributed by atoms with E-state index in [1.54, 1.807) is 7.11 Å². The molecule has 0 unspecified atom stereocenters. The Morgan fingerprint density at radius 2 is 2.18 bits per heavy atom. The summed E-state index contributed by atoms with van der Waals surface area (Å²) in [7, 11) is 1.69. The molecule has 1 aliphatic rings. The second-order valence-electron chi connectivity index (χ2n) is 4.44. The van der Waals surface area contributed by atoms with E-state index in [0.717, 1.165) is 35.4 Å². The molecule has 0 fully saturated rings. The van der Waals surface area contributed by atoms with Crippen molar-refractivity contribution >= 4 is 16.7 Å². The molecule has 1 N–H and O–H groups in total. The predicted octanol–water partition coefficient (Wildman–Crippen LogP) is 2.99. The molecule has 0 amide bonds. The number of aromatic nitrogens is 1. The zero-order valence-electron chi connectivity index (χ0n) is 9.99. The van der Waals surface area contributed by atoms with Gasteiger partial charge in [-0.25, -0.2) is 4.98 Å². The summed E-state index contributed by atoms with van der Waals surface area (Å²) in [6, 6.07) is 8.26. The van der Waals surface area contributed by atoms with E-state index in [2.05, 4.69) is 16.4 Å². The van der Waals surface area contributed by atoms with Gasteiger partial charge in [-0.05, 0) is 49.1 Å². The van der Waals surface area contributed by atoms with E-state index in [1.807, 2.05) is 18.2 Å². The number of nitrogens with one attached hydrogen (secondary N) is 1. The molecule has 3 nitrogen and oxygen atoms in total. The van der Waals surface area contributed by atoms with Crippen LogP contribution in [0.1, 0.15) is 18.4 Å². The molecule has 17 heavy (non-hydrogen) atoms. The van der Waals surface area contributed by atoms with E-state index in [-0.39, 0.29) is 0 Å². The van der Waals surface area contributed by atoms with Crippen LogP contribution >= 0.6 is 0 Å². The molecule has 0 spiro atoms. The molecule has 1 aliphatic heterocycles. The first kappa shape index (κ1) is 10.4. The molecule has 0 saturated heterocycles. The van der Waals surface area contributed by atoms with Gasteiger partial charge in [0.15, 0.2) is 0 Å². The van der Waals surface area contributed by atoms with Crippen LogP contribution in [0.15, 0.2) is 24.3 Å². The number of ether oxygens (including phenoxy) is 1. The summed E-state index contributed by atoms with van der Waals surface area (Å²) in [6.45, 7) is 1.03. The summed E-state index contributed by atoms with van der Waals surface area (Å²) >= 11 is 0. The van der Waals surface area contributed by atoms with Crippen molar-refractivity contribution in [2.45, 2.75) is 19.3 Å². The average Bonchev–Trinajstić information content (AvgIpc) is 2.60. The number of hydrogen-bond donors (Lipinski definition) is 1. The quantitative estimate of drug-likeness (QED) is 0.814. The van der Waals surface area contributed by atoms with Crippen LogP contribution in [0.5, 0.6) is 5.75 Å². The Hall–Kier alpha value is -1.77. The van der Waals surface area contributed by atoms with Gasteiger partial charge < -0.3 is 10.1 Å². The number of aryl methyl sites for hydroxylation is 1. The van der Waals surface area contributed by atoms with Gasteiger partial charge in [-0.1, -0.05) is 0 Å². The second kappa shape index (κ2) is 4.24. The molecule has 0 radical (unpaired) electrons. The highest BCUT2D eigenvalue weighted by Gasteiger charge is 2.10. The highest BCUT2D eigenvalue weighted by molar-refractivity contribution is 5.83. The molecule has 2 heterocycles. The minimum Gasteiger partial charge on any atom is -0.497 e. The Morgan fingerprint density at radius 1 is 1.24 bits per heavy atom. The van der Waals surface area contributed by atoms with Crippen molar-refractivity contribution in [1.29, 1.82) is 0 Å². The summed E-state index contributed by atoms with van der Waals surface area (Å²) in [5.41, 5.74) is 2.35. The maximum Gasteiger partial charge on any atom is 0.129 e. The van der Waals surface area contributed by atoms with Crippen LogP contribution in [-0.2, 0) is 6.42 Å². The Labute approximate surface area is 101 Å². The number of pyridine rings is 1. The second-order valence-corrected chi connectivity index (χ2v) is 4.44. The Kier molecular flexibility index (Phi) is 2.59. The number of hydrogen-bond acceptors (Lipinski definition) is 3. The predicted molar refractivity (Wildman–Crippen MR) is 69.7 cm³/mol. The van der Waals surface area contributed by atoms with Crippen LogP contribution < -0.4 is 10.1 Å². The molecule has 1 aromatic carbocycles. The molecular weight excluding hydrogens is 212 g/mol. The lowest BCUT2D eigenvalue weighted by Crippen LogP contribution is -2.02. The largest absolute Gasteiger partial charge is 0.497 e. The molecule has 0 bridgehead atoms. The first-order chi connectivity index (χ1) is 8.36. The average molecular weight is 228 g/mol. The smallest absolute Gasteiger partial charge is 0.129 e. The Bertz CT molecular complexity index is 551. The van der Waals surface area contributed by atoms with E-state index in [4.69, 9.17) is 4.74 Å². The Balaban J connectivity index is 2.15.